The highest BCUT2D eigenvalue weighted by atomic mass is 16.7. The van der Waals surface area contributed by atoms with E-state index in [1.54, 1.807) is 6.08 Å². The van der Waals surface area contributed by atoms with E-state index in [1.165, 1.54) is 205 Å². The number of hydrogen-bond acceptors (Lipinski definition) is 8. The molecule has 1 saturated heterocycles. The fourth-order valence-electron chi connectivity index (χ4n) is 8.79. The third-order valence-electron chi connectivity index (χ3n) is 13.1. The minimum atomic E-state index is -1.56. The molecule has 1 aliphatic rings. The molecule has 0 aromatic carbocycles. The Morgan fingerprint density at radius 1 is 0.532 bits per heavy atom. The second kappa shape index (κ2) is 43.8. The lowest BCUT2D eigenvalue weighted by atomic mass is 9.99. The summed E-state index contributed by atoms with van der Waals surface area (Å²) in [4.78, 5) is 12.8. The molecule has 0 aromatic rings. The lowest BCUT2D eigenvalue weighted by Crippen LogP contribution is -2.60. The first-order valence-electron chi connectivity index (χ1n) is 26.9. The van der Waals surface area contributed by atoms with Crippen LogP contribution < -0.4 is 5.32 Å². The molecule has 7 unspecified atom stereocenters. The summed E-state index contributed by atoms with van der Waals surface area (Å²) in [6, 6.07) is -0.796. The Kier molecular flexibility index (Phi) is 41.6. The van der Waals surface area contributed by atoms with Crippen molar-refractivity contribution in [2.75, 3.05) is 13.2 Å². The van der Waals surface area contributed by atoms with Gasteiger partial charge in [-0.2, -0.15) is 0 Å². The maximum atomic E-state index is 12.8. The number of carbonyl (C=O) groups is 1. The Labute approximate surface area is 382 Å². The fraction of sp³-hybridized carbons (Fsp3) is 0.943. The minimum absolute atomic E-state index is 0.181. The predicted molar refractivity (Wildman–Crippen MR) is 258 cm³/mol. The number of hydrogen-bond donors (Lipinski definition) is 6. The standard InChI is InChI=1S/C53H103NO8/c1-3-5-7-9-10-11-12-13-14-15-16-17-18-19-20-21-22-23-24-25-26-27-28-29-30-31-32-33-34-35-36-37-38-39-41-43-49(57)54-46(47(56)42-40-8-6-4-2)45-61-53-52(60)51(59)50(58)48(44-55)62-53/h40,42,46-48,50-53,55-56,58-60H,3-39,41,43-45H2,1-2H3,(H,54,57)/b42-40+. The molecule has 62 heavy (non-hydrogen) atoms. The lowest BCUT2D eigenvalue weighted by molar-refractivity contribution is -0.302. The van der Waals surface area contributed by atoms with Gasteiger partial charge in [-0.25, -0.2) is 0 Å². The lowest BCUT2D eigenvalue weighted by Gasteiger charge is -2.40. The summed E-state index contributed by atoms with van der Waals surface area (Å²) in [5.74, 6) is -0.181. The summed E-state index contributed by atoms with van der Waals surface area (Å²) >= 11 is 0. The number of carbonyl (C=O) groups excluding carboxylic acids is 1. The quantitative estimate of drug-likeness (QED) is 0.0261. The van der Waals surface area contributed by atoms with Crippen molar-refractivity contribution in [3.63, 3.8) is 0 Å². The molecule has 1 aliphatic heterocycles. The number of aliphatic hydroxyl groups excluding tert-OH is 5. The number of allylic oxidation sites excluding steroid dienone is 1. The van der Waals surface area contributed by atoms with Crippen LogP contribution in [0.2, 0.25) is 0 Å². The zero-order chi connectivity index (χ0) is 45.1. The van der Waals surface area contributed by atoms with E-state index >= 15 is 0 Å². The summed E-state index contributed by atoms with van der Waals surface area (Å²) < 4.78 is 11.1. The van der Waals surface area contributed by atoms with Crippen molar-refractivity contribution in [1.29, 1.82) is 0 Å². The average Bonchev–Trinajstić information content (AvgIpc) is 3.27. The normalized spacial score (nSPS) is 20.3. The topological polar surface area (TPSA) is 149 Å². The summed E-state index contributed by atoms with van der Waals surface area (Å²) in [7, 11) is 0. The van der Waals surface area contributed by atoms with Gasteiger partial charge in [0.15, 0.2) is 6.29 Å². The van der Waals surface area contributed by atoms with Gasteiger partial charge in [0.25, 0.3) is 0 Å². The van der Waals surface area contributed by atoms with Crippen LogP contribution in [0, 0.1) is 0 Å². The zero-order valence-corrected chi connectivity index (χ0v) is 40.6. The Balaban J connectivity index is 1.92. The summed E-state index contributed by atoms with van der Waals surface area (Å²) in [5.41, 5.74) is 0. The van der Waals surface area contributed by atoms with Gasteiger partial charge in [0.1, 0.15) is 24.4 Å². The van der Waals surface area contributed by atoms with Crippen molar-refractivity contribution in [3.05, 3.63) is 12.2 Å². The van der Waals surface area contributed by atoms with Gasteiger partial charge >= 0.3 is 0 Å². The van der Waals surface area contributed by atoms with E-state index in [0.717, 1.165) is 38.5 Å². The highest BCUT2D eigenvalue weighted by molar-refractivity contribution is 5.76. The number of nitrogens with one attached hydrogen (secondary N) is 1. The molecule has 9 nitrogen and oxygen atoms in total. The number of rotatable bonds is 46. The second-order valence-corrected chi connectivity index (χ2v) is 19.0. The van der Waals surface area contributed by atoms with Crippen molar-refractivity contribution >= 4 is 5.91 Å². The van der Waals surface area contributed by atoms with Crippen molar-refractivity contribution in [3.8, 4) is 0 Å². The van der Waals surface area contributed by atoms with E-state index in [0.29, 0.717) is 6.42 Å². The molecule has 1 fully saturated rings. The van der Waals surface area contributed by atoms with E-state index < -0.39 is 49.5 Å². The van der Waals surface area contributed by atoms with Gasteiger partial charge in [0, 0.05) is 6.42 Å². The van der Waals surface area contributed by atoms with Crippen LogP contribution in [0.15, 0.2) is 12.2 Å². The highest BCUT2D eigenvalue weighted by Crippen LogP contribution is 2.23. The Morgan fingerprint density at radius 3 is 1.24 bits per heavy atom. The van der Waals surface area contributed by atoms with Crippen LogP contribution >= 0.6 is 0 Å². The molecule has 1 rings (SSSR count). The summed E-state index contributed by atoms with van der Waals surface area (Å²) in [6.07, 6.45) is 46.8. The third kappa shape index (κ3) is 33.4. The van der Waals surface area contributed by atoms with Gasteiger partial charge in [-0.1, -0.05) is 257 Å². The van der Waals surface area contributed by atoms with E-state index in [9.17, 15) is 30.3 Å². The van der Waals surface area contributed by atoms with Gasteiger partial charge in [-0.3, -0.25) is 4.79 Å². The SMILES string of the molecule is CCCC/C=C/C(O)C(COC1OC(CO)C(O)C(O)C1O)NC(=O)CCCCCCCCCCCCCCCCCCCCCCCCCCCCCCCCCCCCC. The smallest absolute Gasteiger partial charge is 0.220 e. The van der Waals surface area contributed by atoms with E-state index in [4.69, 9.17) is 9.47 Å². The van der Waals surface area contributed by atoms with Gasteiger partial charge in [0.2, 0.25) is 5.91 Å². The molecule has 0 aliphatic carbocycles. The first-order valence-corrected chi connectivity index (χ1v) is 26.9. The van der Waals surface area contributed by atoms with Crippen molar-refractivity contribution in [2.24, 2.45) is 0 Å². The molecule has 0 bridgehead atoms. The highest BCUT2D eigenvalue weighted by Gasteiger charge is 2.44. The van der Waals surface area contributed by atoms with Crippen LogP contribution in [0.4, 0.5) is 0 Å². The van der Waals surface area contributed by atoms with Gasteiger partial charge in [-0.15, -0.1) is 0 Å². The van der Waals surface area contributed by atoms with Crippen LogP contribution in [0.1, 0.15) is 264 Å². The Bertz CT molecular complexity index is 981. The molecule has 0 aromatic heterocycles. The number of amides is 1. The second-order valence-electron chi connectivity index (χ2n) is 19.0. The maximum absolute atomic E-state index is 12.8. The van der Waals surface area contributed by atoms with Gasteiger partial charge in [-0.05, 0) is 12.8 Å². The zero-order valence-electron chi connectivity index (χ0n) is 40.6. The monoisotopic (exact) mass is 882 g/mol. The third-order valence-corrected chi connectivity index (χ3v) is 13.1. The predicted octanol–water partition coefficient (Wildman–Crippen LogP) is 12.5. The van der Waals surface area contributed by atoms with E-state index in [2.05, 4.69) is 19.2 Å². The van der Waals surface area contributed by atoms with Crippen LogP contribution in [0.25, 0.3) is 0 Å². The molecule has 1 amide bonds. The molecule has 9 heteroatoms. The van der Waals surface area contributed by atoms with Gasteiger partial charge < -0.3 is 40.3 Å². The largest absolute Gasteiger partial charge is 0.394 e. The molecule has 6 N–H and O–H groups in total. The number of unbranched alkanes of at least 4 members (excludes halogenated alkanes) is 36. The first-order chi connectivity index (χ1) is 30.3. The molecule has 0 spiro atoms. The molecule has 368 valence electrons. The fourth-order valence-corrected chi connectivity index (χ4v) is 8.79. The molecule has 1 heterocycles. The van der Waals surface area contributed by atoms with Crippen LogP contribution in [0.5, 0.6) is 0 Å². The Hall–Kier alpha value is -1.07. The maximum Gasteiger partial charge on any atom is 0.220 e. The summed E-state index contributed by atoms with van der Waals surface area (Å²) in [5, 5.41) is 53.6. The van der Waals surface area contributed by atoms with Crippen molar-refractivity contribution in [1.82, 2.24) is 5.32 Å². The molecular weight excluding hydrogens is 779 g/mol. The van der Waals surface area contributed by atoms with Crippen molar-refractivity contribution in [2.45, 2.75) is 307 Å². The molecular formula is C53H103NO8. The summed E-state index contributed by atoms with van der Waals surface area (Å²) in [6.45, 7) is 3.64. The molecule has 0 saturated carbocycles. The average molecular weight is 882 g/mol. The van der Waals surface area contributed by atoms with Gasteiger partial charge in [0.05, 0.1) is 25.4 Å². The molecule has 0 radical (unpaired) electrons. The van der Waals surface area contributed by atoms with E-state index in [1.807, 2.05) is 6.08 Å². The molecule has 7 atom stereocenters. The van der Waals surface area contributed by atoms with Crippen LogP contribution in [-0.2, 0) is 14.3 Å². The van der Waals surface area contributed by atoms with Crippen LogP contribution in [0.3, 0.4) is 0 Å². The minimum Gasteiger partial charge on any atom is -0.394 e. The first kappa shape index (κ1) is 58.9. The number of aliphatic hydroxyl groups is 5. The van der Waals surface area contributed by atoms with E-state index in [-0.39, 0.29) is 12.5 Å². The number of ether oxygens (including phenoxy) is 2. The van der Waals surface area contributed by atoms with Crippen molar-refractivity contribution < 1.29 is 39.8 Å². The van der Waals surface area contributed by atoms with Crippen LogP contribution in [-0.4, -0.2) is 87.5 Å². The Morgan fingerprint density at radius 2 is 0.887 bits per heavy atom.